The predicted molar refractivity (Wildman–Crippen MR) is 84.7 cm³/mol. The highest BCUT2D eigenvalue weighted by molar-refractivity contribution is 6.43. The second kappa shape index (κ2) is 6.34. The number of hydrogen-bond donors (Lipinski definition) is 1. The third kappa shape index (κ3) is 3.36. The van der Waals surface area contributed by atoms with Crippen molar-refractivity contribution < 1.29 is 0 Å². The highest BCUT2D eigenvalue weighted by Crippen LogP contribution is 2.40. The molecule has 0 saturated carbocycles. The summed E-state index contributed by atoms with van der Waals surface area (Å²) < 4.78 is 0. The van der Waals surface area contributed by atoms with E-state index >= 15 is 0 Å². The molecule has 0 bridgehead atoms. The van der Waals surface area contributed by atoms with E-state index in [1.54, 1.807) is 12.1 Å². The molecule has 0 aliphatic rings. The van der Waals surface area contributed by atoms with Crippen molar-refractivity contribution in [3.05, 3.63) is 56.0 Å². The summed E-state index contributed by atoms with van der Waals surface area (Å²) >= 11 is 24.6. The van der Waals surface area contributed by atoms with Gasteiger partial charge in [-0.25, -0.2) is 0 Å². The molecule has 2 aromatic carbocycles. The lowest BCUT2D eigenvalue weighted by molar-refractivity contribution is 0.969. The molecule has 0 unspecified atom stereocenters. The molecule has 0 aliphatic heterocycles. The summed E-state index contributed by atoms with van der Waals surface area (Å²) in [4.78, 5) is 0. The normalized spacial score (nSPS) is 10.8. The average Bonchev–Trinajstić information content (AvgIpc) is 2.31. The summed E-state index contributed by atoms with van der Waals surface area (Å²) in [6.07, 6.45) is 0.780. The average molecular weight is 335 g/mol. The summed E-state index contributed by atoms with van der Waals surface area (Å²) in [5, 5.41) is 2.05. The lowest BCUT2D eigenvalue weighted by atomic mass is 10.0. The number of nitrogens with two attached hydrogens (primary N) is 1. The molecule has 0 radical (unpaired) electrons. The highest BCUT2D eigenvalue weighted by atomic mass is 35.5. The summed E-state index contributed by atoms with van der Waals surface area (Å²) in [5.41, 5.74) is 8.08. The molecule has 100 valence electrons. The Labute approximate surface area is 132 Å². The van der Waals surface area contributed by atoms with Gasteiger partial charge in [0.1, 0.15) is 0 Å². The zero-order valence-corrected chi connectivity index (χ0v) is 12.9. The van der Waals surface area contributed by atoms with Gasteiger partial charge >= 0.3 is 0 Å². The van der Waals surface area contributed by atoms with Gasteiger partial charge in [0.15, 0.2) is 0 Å². The Morgan fingerprint density at radius 3 is 2.00 bits per heavy atom. The van der Waals surface area contributed by atoms with Crippen molar-refractivity contribution in [2.24, 2.45) is 5.73 Å². The van der Waals surface area contributed by atoms with Gasteiger partial charge in [0.25, 0.3) is 0 Å². The van der Waals surface area contributed by atoms with Gasteiger partial charge in [0.05, 0.1) is 10.0 Å². The summed E-state index contributed by atoms with van der Waals surface area (Å²) in [6, 6.07) is 9.04. The fourth-order valence-corrected chi connectivity index (χ4v) is 3.20. The van der Waals surface area contributed by atoms with Crippen LogP contribution in [0.15, 0.2) is 30.3 Å². The Bertz CT molecular complexity index is 587. The van der Waals surface area contributed by atoms with E-state index in [1.165, 1.54) is 0 Å². The number of hydrogen-bond acceptors (Lipinski definition) is 1. The van der Waals surface area contributed by atoms with E-state index in [9.17, 15) is 0 Å². The van der Waals surface area contributed by atoms with Gasteiger partial charge in [0, 0.05) is 21.2 Å². The van der Waals surface area contributed by atoms with Gasteiger partial charge in [-0.3, -0.25) is 0 Å². The van der Waals surface area contributed by atoms with Crippen molar-refractivity contribution in [2.45, 2.75) is 6.42 Å². The molecule has 19 heavy (non-hydrogen) atoms. The van der Waals surface area contributed by atoms with Crippen molar-refractivity contribution in [2.75, 3.05) is 6.54 Å². The zero-order valence-electron chi connectivity index (χ0n) is 9.89. The maximum absolute atomic E-state index is 6.29. The van der Waals surface area contributed by atoms with Gasteiger partial charge in [0.2, 0.25) is 0 Å². The van der Waals surface area contributed by atoms with Crippen molar-refractivity contribution in [3.8, 4) is 11.1 Å². The molecule has 0 heterocycles. The first-order valence-electron chi connectivity index (χ1n) is 5.66. The second-order valence-corrected chi connectivity index (χ2v) is 5.76. The van der Waals surface area contributed by atoms with Crippen molar-refractivity contribution in [1.29, 1.82) is 0 Å². The number of halogens is 4. The maximum atomic E-state index is 6.29. The van der Waals surface area contributed by atoms with Crippen LogP contribution in [0, 0.1) is 0 Å². The van der Waals surface area contributed by atoms with Crippen LogP contribution in [0.4, 0.5) is 0 Å². The van der Waals surface area contributed by atoms with Crippen LogP contribution in [0.3, 0.4) is 0 Å². The smallest absolute Gasteiger partial charge is 0.0514 e. The monoisotopic (exact) mass is 333 g/mol. The molecule has 0 amide bonds. The van der Waals surface area contributed by atoms with E-state index in [0.29, 0.717) is 32.2 Å². The number of benzene rings is 2. The maximum Gasteiger partial charge on any atom is 0.0514 e. The molecule has 2 N–H and O–H groups in total. The molecule has 0 saturated heterocycles. The quantitative estimate of drug-likeness (QED) is 0.791. The molecule has 0 aliphatic carbocycles. The van der Waals surface area contributed by atoms with Crippen LogP contribution >= 0.6 is 46.4 Å². The van der Waals surface area contributed by atoms with Crippen LogP contribution in [0.5, 0.6) is 0 Å². The Hall–Kier alpha value is -0.440. The molecule has 5 heteroatoms. The van der Waals surface area contributed by atoms with Crippen LogP contribution in [0.2, 0.25) is 20.1 Å². The fourth-order valence-electron chi connectivity index (χ4n) is 1.88. The van der Waals surface area contributed by atoms with Gasteiger partial charge in [-0.2, -0.15) is 0 Å². The predicted octanol–water partition coefficient (Wildman–Crippen LogP) is 5.47. The van der Waals surface area contributed by atoms with Crippen LogP contribution < -0.4 is 5.73 Å². The van der Waals surface area contributed by atoms with E-state index in [2.05, 4.69) is 0 Å². The van der Waals surface area contributed by atoms with Crippen LogP contribution in [0.25, 0.3) is 11.1 Å². The molecule has 0 spiro atoms. The van der Waals surface area contributed by atoms with Gasteiger partial charge in [-0.05, 0) is 36.7 Å². The molecule has 0 aromatic heterocycles. The van der Waals surface area contributed by atoms with E-state index in [1.807, 2.05) is 18.2 Å². The van der Waals surface area contributed by atoms with Crippen molar-refractivity contribution in [3.63, 3.8) is 0 Å². The molecule has 0 atom stereocenters. The van der Waals surface area contributed by atoms with Gasteiger partial charge in [-0.15, -0.1) is 0 Å². The first-order valence-corrected chi connectivity index (χ1v) is 7.17. The first kappa shape index (κ1) is 15.0. The third-order valence-electron chi connectivity index (χ3n) is 2.74. The first-order chi connectivity index (χ1) is 9.02. The lowest BCUT2D eigenvalue weighted by Crippen LogP contribution is -2.02. The standard InChI is InChI=1S/C14H11Cl4N/c15-9-6-12(17)14(13(18)7-9)10-2-1-8(3-4-19)5-11(10)16/h1-2,5-7H,3-4,19H2. The van der Waals surface area contributed by atoms with Crippen LogP contribution in [0.1, 0.15) is 5.56 Å². The van der Waals surface area contributed by atoms with Gasteiger partial charge in [-0.1, -0.05) is 58.5 Å². The minimum atomic E-state index is 0.478. The Balaban J connectivity index is 2.53. The minimum absolute atomic E-state index is 0.478. The topological polar surface area (TPSA) is 26.0 Å². The highest BCUT2D eigenvalue weighted by Gasteiger charge is 2.13. The SMILES string of the molecule is NCCc1ccc(-c2c(Cl)cc(Cl)cc2Cl)c(Cl)c1. The summed E-state index contributed by atoms with van der Waals surface area (Å²) in [7, 11) is 0. The third-order valence-corrected chi connectivity index (χ3v) is 3.87. The Morgan fingerprint density at radius 2 is 1.47 bits per heavy atom. The molecule has 2 aromatic rings. The van der Waals surface area contributed by atoms with Crippen molar-refractivity contribution >= 4 is 46.4 Å². The van der Waals surface area contributed by atoms with Gasteiger partial charge < -0.3 is 5.73 Å². The summed E-state index contributed by atoms with van der Waals surface area (Å²) in [6.45, 7) is 0.581. The number of rotatable bonds is 3. The Morgan fingerprint density at radius 1 is 0.842 bits per heavy atom. The van der Waals surface area contributed by atoms with E-state index < -0.39 is 0 Å². The van der Waals surface area contributed by atoms with E-state index in [4.69, 9.17) is 52.1 Å². The molecule has 2 rings (SSSR count). The molecular weight excluding hydrogens is 324 g/mol. The van der Waals surface area contributed by atoms with Crippen molar-refractivity contribution in [1.82, 2.24) is 0 Å². The van der Waals surface area contributed by atoms with E-state index in [-0.39, 0.29) is 0 Å². The largest absolute Gasteiger partial charge is 0.330 e. The van der Waals surface area contributed by atoms with Crippen LogP contribution in [-0.2, 0) is 6.42 Å². The van der Waals surface area contributed by atoms with E-state index in [0.717, 1.165) is 17.5 Å². The summed E-state index contributed by atoms with van der Waals surface area (Å²) in [5.74, 6) is 0. The molecule has 1 nitrogen and oxygen atoms in total. The zero-order chi connectivity index (χ0) is 14.0. The minimum Gasteiger partial charge on any atom is -0.330 e. The Kier molecular flexibility index (Phi) is 4.99. The molecular formula is C14H11Cl4N. The fraction of sp³-hybridized carbons (Fsp3) is 0.143. The molecule has 0 fully saturated rings. The second-order valence-electron chi connectivity index (χ2n) is 4.10. The van der Waals surface area contributed by atoms with Crippen LogP contribution in [-0.4, -0.2) is 6.54 Å². The lowest BCUT2D eigenvalue weighted by Gasteiger charge is -2.11.